The van der Waals surface area contributed by atoms with Crippen LogP contribution >= 0.6 is 15.9 Å². The fourth-order valence-electron chi connectivity index (χ4n) is 3.64. The number of allylic oxidation sites excluding steroid dienone is 3. The topological polar surface area (TPSA) is 89.3 Å². The molecule has 0 saturated carbocycles. The van der Waals surface area contributed by atoms with Gasteiger partial charge < -0.3 is 14.9 Å². The molecule has 6 heteroatoms. The van der Waals surface area contributed by atoms with E-state index in [-0.39, 0.29) is 23.2 Å². The normalized spacial score (nSPS) is 22.7. The molecule has 1 aliphatic heterocycles. The van der Waals surface area contributed by atoms with Crippen molar-refractivity contribution in [3.8, 4) is 6.07 Å². The van der Waals surface area contributed by atoms with E-state index in [2.05, 4.69) is 22.0 Å². The molecule has 0 bridgehead atoms. The quantitative estimate of drug-likeness (QED) is 0.798. The second-order valence-corrected chi connectivity index (χ2v) is 7.12. The number of nitrogens with zero attached hydrogens (tertiary/aromatic N) is 1. The maximum atomic E-state index is 13.0. The van der Waals surface area contributed by atoms with Gasteiger partial charge in [0.1, 0.15) is 23.2 Å². The Bertz CT molecular complexity index is 982. The van der Waals surface area contributed by atoms with Crippen LogP contribution in [0.5, 0.6) is 0 Å². The zero-order chi connectivity index (χ0) is 18.3. The molecule has 4 rings (SSSR count). The fourth-order valence-corrected chi connectivity index (χ4v) is 3.96. The van der Waals surface area contributed by atoms with Crippen LogP contribution in [-0.4, -0.2) is 5.78 Å². The predicted octanol–water partition coefficient (Wildman–Crippen LogP) is 4.25. The lowest BCUT2D eigenvalue weighted by Crippen LogP contribution is -2.29. The number of hydrogen-bond donors (Lipinski definition) is 1. The van der Waals surface area contributed by atoms with Crippen molar-refractivity contribution in [3.63, 3.8) is 0 Å². The number of benzene rings is 1. The number of halogens is 1. The molecule has 1 aromatic carbocycles. The summed E-state index contributed by atoms with van der Waals surface area (Å²) in [6.07, 6.45) is 0.923. The maximum Gasteiger partial charge on any atom is 0.205 e. The molecule has 1 aliphatic carbocycles. The highest BCUT2D eigenvalue weighted by Crippen LogP contribution is 2.47. The molecule has 5 nitrogen and oxygen atoms in total. The number of carbonyl (C=O) groups is 1. The maximum absolute atomic E-state index is 13.0. The standard InChI is InChI=1S/C20H15BrN2O3/c21-17-7-6-15(25-17)18-13(10-22)20(23)26-16-9-12(8-14(24)19(16)18)11-4-2-1-3-5-11/h1-7,12,18H,8-9,23H2. The van der Waals surface area contributed by atoms with E-state index in [0.717, 1.165) is 5.56 Å². The Kier molecular flexibility index (Phi) is 4.17. The average molecular weight is 411 g/mol. The van der Waals surface area contributed by atoms with Crippen LogP contribution in [0.1, 0.15) is 36.0 Å². The third-order valence-corrected chi connectivity index (χ3v) is 5.24. The van der Waals surface area contributed by atoms with Crippen LogP contribution in [0.2, 0.25) is 0 Å². The van der Waals surface area contributed by atoms with Crippen LogP contribution in [0.25, 0.3) is 0 Å². The van der Waals surface area contributed by atoms with Crippen LogP contribution in [-0.2, 0) is 9.53 Å². The van der Waals surface area contributed by atoms with Gasteiger partial charge in [-0.1, -0.05) is 30.3 Å². The summed E-state index contributed by atoms with van der Waals surface area (Å²) in [6.45, 7) is 0. The summed E-state index contributed by atoms with van der Waals surface area (Å²) in [6, 6.07) is 15.4. The number of furan rings is 1. The molecule has 0 amide bonds. The zero-order valence-corrected chi connectivity index (χ0v) is 15.3. The smallest absolute Gasteiger partial charge is 0.205 e. The van der Waals surface area contributed by atoms with Gasteiger partial charge in [0.05, 0.1) is 5.92 Å². The summed E-state index contributed by atoms with van der Waals surface area (Å²) in [5.74, 6) is 0.424. The predicted molar refractivity (Wildman–Crippen MR) is 97.5 cm³/mol. The summed E-state index contributed by atoms with van der Waals surface area (Å²) < 4.78 is 11.9. The fraction of sp³-hybridized carbons (Fsp3) is 0.200. The second kappa shape index (κ2) is 6.50. The minimum Gasteiger partial charge on any atom is -0.453 e. The van der Waals surface area contributed by atoms with Gasteiger partial charge in [0, 0.05) is 18.4 Å². The Hall–Kier alpha value is -2.78. The zero-order valence-electron chi connectivity index (χ0n) is 13.7. The Morgan fingerprint density at radius 2 is 1.92 bits per heavy atom. The van der Waals surface area contributed by atoms with E-state index in [1.165, 1.54) is 0 Å². The van der Waals surface area contributed by atoms with E-state index in [4.69, 9.17) is 14.9 Å². The molecule has 26 heavy (non-hydrogen) atoms. The summed E-state index contributed by atoms with van der Waals surface area (Å²) >= 11 is 3.27. The van der Waals surface area contributed by atoms with Crippen LogP contribution in [0.4, 0.5) is 0 Å². The number of nitriles is 1. The van der Waals surface area contributed by atoms with Gasteiger partial charge in [-0.25, -0.2) is 0 Å². The van der Waals surface area contributed by atoms with Crippen molar-refractivity contribution in [1.29, 1.82) is 5.26 Å². The molecular weight excluding hydrogens is 396 g/mol. The van der Waals surface area contributed by atoms with Gasteiger partial charge in [-0.05, 0) is 39.5 Å². The monoisotopic (exact) mass is 410 g/mol. The molecule has 130 valence electrons. The lowest BCUT2D eigenvalue weighted by Gasteiger charge is -2.33. The lowest BCUT2D eigenvalue weighted by atomic mass is 9.75. The number of ketones is 1. The van der Waals surface area contributed by atoms with Gasteiger partial charge in [-0.2, -0.15) is 5.26 Å². The van der Waals surface area contributed by atoms with Crippen LogP contribution in [0.15, 0.2) is 74.3 Å². The first-order valence-electron chi connectivity index (χ1n) is 8.22. The van der Waals surface area contributed by atoms with Crippen LogP contribution in [0.3, 0.4) is 0 Å². The summed E-state index contributed by atoms with van der Waals surface area (Å²) in [5, 5.41) is 9.55. The molecule has 0 spiro atoms. The second-order valence-electron chi connectivity index (χ2n) is 6.34. The average Bonchev–Trinajstić information content (AvgIpc) is 3.07. The van der Waals surface area contributed by atoms with E-state index in [1.54, 1.807) is 12.1 Å². The summed E-state index contributed by atoms with van der Waals surface area (Å²) in [4.78, 5) is 13.0. The first kappa shape index (κ1) is 16.7. The number of Topliss-reactive ketones (excluding diaryl/α,β-unsaturated/α-hetero) is 1. The van der Waals surface area contributed by atoms with Gasteiger partial charge in [0.2, 0.25) is 5.88 Å². The Labute approximate surface area is 158 Å². The van der Waals surface area contributed by atoms with Crippen molar-refractivity contribution in [2.45, 2.75) is 24.7 Å². The van der Waals surface area contributed by atoms with E-state index >= 15 is 0 Å². The number of carbonyl (C=O) groups excluding carboxylic acids is 1. The number of hydrogen-bond acceptors (Lipinski definition) is 5. The van der Waals surface area contributed by atoms with Crippen molar-refractivity contribution >= 4 is 21.7 Å². The molecule has 0 saturated heterocycles. The third-order valence-electron chi connectivity index (χ3n) is 4.81. The SMILES string of the molecule is N#CC1=C(N)OC2=C(C(=O)CC(c3ccccc3)C2)C1c1ccc(Br)o1. The third kappa shape index (κ3) is 2.74. The summed E-state index contributed by atoms with van der Waals surface area (Å²) in [5.41, 5.74) is 7.76. The van der Waals surface area contributed by atoms with Gasteiger partial charge >= 0.3 is 0 Å². The van der Waals surface area contributed by atoms with E-state index in [1.807, 2.05) is 30.3 Å². The van der Waals surface area contributed by atoms with E-state index in [9.17, 15) is 10.1 Å². The van der Waals surface area contributed by atoms with Crippen molar-refractivity contribution < 1.29 is 13.9 Å². The Morgan fingerprint density at radius 3 is 2.58 bits per heavy atom. The van der Waals surface area contributed by atoms with E-state index < -0.39 is 5.92 Å². The Balaban J connectivity index is 1.79. The molecule has 0 fully saturated rings. The lowest BCUT2D eigenvalue weighted by molar-refractivity contribution is -0.117. The van der Waals surface area contributed by atoms with Gasteiger partial charge in [-0.3, -0.25) is 4.79 Å². The van der Waals surface area contributed by atoms with E-state index in [0.29, 0.717) is 34.6 Å². The summed E-state index contributed by atoms with van der Waals surface area (Å²) in [7, 11) is 0. The highest BCUT2D eigenvalue weighted by Gasteiger charge is 2.42. The molecule has 0 radical (unpaired) electrons. The van der Waals surface area contributed by atoms with Crippen molar-refractivity contribution in [3.05, 3.63) is 81.2 Å². The molecule has 2 aliphatic rings. The first-order valence-corrected chi connectivity index (χ1v) is 9.01. The molecule has 2 atom stereocenters. The van der Waals surface area contributed by atoms with Crippen LogP contribution < -0.4 is 5.73 Å². The Morgan fingerprint density at radius 1 is 1.15 bits per heavy atom. The van der Waals surface area contributed by atoms with Crippen molar-refractivity contribution in [2.75, 3.05) is 0 Å². The molecule has 2 unspecified atom stereocenters. The highest BCUT2D eigenvalue weighted by molar-refractivity contribution is 9.10. The van der Waals surface area contributed by atoms with Crippen molar-refractivity contribution in [2.24, 2.45) is 5.73 Å². The number of rotatable bonds is 2. The molecule has 1 aromatic heterocycles. The van der Waals surface area contributed by atoms with Crippen LogP contribution in [0, 0.1) is 11.3 Å². The molecular formula is C20H15BrN2O3. The largest absolute Gasteiger partial charge is 0.453 e. The highest BCUT2D eigenvalue weighted by atomic mass is 79.9. The van der Waals surface area contributed by atoms with Gasteiger partial charge in [-0.15, -0.1) is 0 Å². The first-order chi connectivity index (χ1) is 12.6. The molecule has 2 aromatic rings. The molecule has 2 heterocycles. The number of ether oxygens (including phenoxy) is 1. The number of nitrogens with two attached hydrogens (primary N) is 1. The molecule has 2 N–H and O–H groups in total. The van der Waals surface area contributed by atoms with Crippen molar-refractivity contribution in [1.82, 2.24) is 0 Å². The minimum atomic E-state index is -0.626. The minimum absolute atomic E-state index is 0.0304. The van der Waals surface area contributed by atoms with Gasteiger partial charge in [0.15, 0.2) is 10.5 Å². The van der Waals surface area contributed by atoms with Gasteiger partial charge in [0.25, 0.3) is 0 Å².